The first-order valence-corrected chi connectivity index (χ1v) is 3.32. The van der Waals surface area contributed by atoms with E-state index in [1.165, 1.54) is 27.7 Å². The summed E-state index contributed by atoms with van der Waals surface area (Å²) in [7, 11) is 0. The molecule has 2 atom stereocenters. The van der Waals surface area contributed by atoms with Crippen LogP contribution in [0.15, 0.2) is 0 Å². The Labute approximate surface area is 61.3 Å². The maximum Gasteiger partial charge on any atom is 0.115 e. The van der Waals surface area contributed by atoms with Gasteiger partial charge in [0.25, 0.3) is 0 Å². The highest BCUT2D eigenvalue weighted by atomic mass is 16.4. The van der Waals surface area contributed by atoms with Crippen molar-refractivity contribution in [1.29, 1.82) is 0 Å². The van der Waals surface area contributed by atoms with Crippen LogP contribution in [0, 0.1) is 0 Å². The van der Waals surface area contributed by atoms with Gasteiger partial charge in [-0.2, -0.15) is 0 Å². The molecule has 0 rings (SSSR count). The zero-order valence-corrected chi connectivity index (χ0v) is 6.92. The van der Waals surface area contributed by atoms with Gasteiger partial charge in [-0.05, 0) is 27.7 Å². The summed E-state index contributed by atoms with van der Waals surface area (Å²) in [5.74, 6) is 0. The minimum absolute atomic E-state index is 0.938. The molecule has 62 valence electrons. The van der Waals surface area contributed by atoms with Crippen molar-refractivity contribution in [3.63, 3.8) is 0 Å². The normalized spacial score (nSPS) is 21.9. The minimum atomic E-state index is -1.45. The van der Waals surface area contributed by atoms with Crippen molar-refractivity contribution in [3.05, 3.63) is 0 Å². The highest BCUT2D eigenvalue weighted by molar-refractivity contribution is 4.93. The predicted octanol–water partition coefficient (Wildman–Crippen LogP) is -0.111. The molecule has 0 aliphatic carbocycles. The first-order valence-electron chi connectivity index (χ1n) is 3.32. The van der Waals surface area contributed by atoms with Gasteiger partial charge in [0, 0.05) is 0 Å². The van der Waals surface area contributed by atoms with Crippen molar-refractivity contribution < 1.29 is 15.3 Å². The quantitative estimate of drug-likeness (QED) is 0.512. The Morgan fingerprint density at radius 2 is 1.40 bits per heavy atom. The second-order valence-electron chi connectivity index (χ2n) is 3.38. The van der Waals surface area contributed by atoms with E-state index in [1.54, 1.807) is 0 Å². The smallest absolute Gasteiger partial charge is 0.115 e. The molecular weight excluding hydrogens is 132 g/mol. The van der Waals surface area contributed by atoms with Crippen LogP contribution in [0.3, 0.4) is 0 Å². The largest absolute Gasteiger partial charge is 0.390 e. The molecular formula is C7H16O3. The molecule has 0 aromatic carbocycles. The Morgan fingerprint density at radius 3 is 1.40 bits per heavy atom. The van der Waals surface area contributed by atoms with Gasteiger partial charge in [-0.1, -0.05) is 0 Å². The summed E-state index contributed by atoms with van der Waals surface area (Å²) in [6.45, 7) is 5.76. The third-order valence-electron chi connectivity index (χ3n) is 2.05. The van der Waals surface area contributed by atoms with Gasteiger partial charge < -0.3 is 15.3 Å². The highest BCUT2D eigenvalue weighted by Crippen LogP contribution is 2.24. The van der Waals surface area contributed by atoms with E-state index in [4.69, 9.17) is 5.11 Å². The number of rotatable bonds is 2. The lowest BCUT2D eigenvalue weighted by molar-refractivity contribution is -0.171. The monoisotopic (exact) mass is 148 g/mol. The van der Waals surface area contributed by atoms with Crippen molar-refractivity contribution in [2.45, 2.75) is 45.0 Å². The van der Waals surface area contributed by atoms with Gasteiger partial charge in [-0.15, -0.1) is 0 Å². The Hall–Kier alpha value is -0.120. The SMILES string of the molecule is CC(O)C(C)(O)C(C)(C)O. The second-order valence-corrected chi connectivity index (χ2v) is 3.38. The van der Waals surface area contributed by atoms with E-state index in [-0.39, 0.29) is 0 Å². The molecule has 0 radical (unpaired) electrons. The summed E-state index contributed by atoms with van der Waals surface area (Å²) >= 11 is 0. The van der Waals surface area contributed by atoms with Crippen LogP contribution in [0.1, 0.15) is 27.7 Å². The van der Waals surface area contributed by atoms with Crippen molar-refractivity contribution in [2.24, 2.45) is 0 Å². The molecule has 0 bridgehead atoms. The summed E-state index contributed by atoms with van der Waals surface area (Å²) < 4.78 is 0. The van der Waals surface area contributed by atoms with Gasteiger partial charge in [0.05, 0.1) is 11.7 Å². The van der Waals surface area contributed by atoms with Crippen LogP contribution in [-0.4, -0.2) is 32.6 Å². The molecule has 0 fully saturated rings. The van der Waals surface area contributed by atoms with Crippen LogP contribution in [-0.2, 0) is 0 Å². The average Bonchev–Trinajstić information content (AvgIpc) is 1.62. The van der Waals surface area contributed by atoms with Gasteiger partial charge in [0.1, 0.15) is 5.60 Å². The zero-order valence-electron chi connectivity index (χ0n) is 6.92. The summed E-state index contributed by atoms with van der Waals surface area (Å²) in [6.07, 6.45) is -0.938. The average molecular weight is 148 g/mol. The molecule has 0 aliphatic heterocycles. The number of hydrogen-bond donors (Lipinski definition) is 3. The van der Waals surface area contributed by atoms with Crippen molar-refractivity contribution in [3.8, 4) is 0 Å². The van der Waals surface area contributed by atoms with Crippen molar-refractivity contribution in [1.82, 2.24) is 0 Å². The van der Waals surface area contributed by atoms with Crippen LogP contribution < -0.4 is 0 Å². The summed E-state index contributed by atoms with van der Waals surface area (Å²) in [5, 5.41) is 27.7. The third-order valence-corrected chi connectivity index (χ3v) is 2.05. The molecule has 0 aromatic rings. The number of aliphatic hydroxyl groups is 3. The molecule has 10 heavy (non-hydrogen) atoms. The Morgan fingerprint density at radius 1 is 1.10 bits per heavy atom. The molecule has 0 aromatic heterocycles. The fourth-order valence-corrected chi connectivity index (χ4v) is 0.511. The molecule has 0 saturated carbocycles. The standard InChI is InChI=1S/C7H16O3/c1-5(8)7(4,10)6(2,3)9/h5,8-10H,1-4H3. The Bertz CT molecular complexity index is 111. The first kappa shape index (κ1) is 9.88. The molecule has 3 heteroatoms. The van der Waals surface area contributed by atoms with Gasteiger partial charge in [-0.3, -0.25) is 0 Å². The molecule has 3 nitrogen and oxygen atoms in total. The molecule has 0 heterocycles. The second kappa shape index (κ2) is 2.49. The minimum Gasteiger partial charge on any atom is -0.390 e. The molecule has 2 unspecified atom stereocenters. The van der Waals surface area contributed by atoms with Gasteiger partial charge in [0.15, 0.2) is 0 Å². The zero-order chi connectivity index (χ0) is 8.58. The lowest BCUT2D eigenvalue weighted by Crippen LogP contribution is -2.54. The van der Waals surface area contributed by atoms with Crippen LogP contribution in [0.5, 0.6) is 0 Å². The van der Waals surface area contributed by atoms with Crippen LogP contribution >= 0.6 is 0 Å². The van der Waals surface area contributed by atoms with E-state index in [0.717, 1.165) is 0 Å². The van der Waals surface area contributed by atoms with Gasteiger partial charge in [-0.25, -0.2) is 0 Å². The summed E-state index contributed by atoms with van der Waals surface area (Å²) in [4.78, 5) is 0. The van der Waals surface area contributed by atoms with E-state index in [0.29, 0.717) is 0 Å². The molecule has 0 aliphatic rings. The molecule has 0 saturated heterocycles. The maximum absolute atomic E-state index is 9.43. The molecule has 3 N–H and O–H groups in total. The van der Waals surface area contributed by atoms with E-state index in [9.17, 15) is 10.2 Å². The lowest BCUT2D eigenvalue weighted by Gasteiger charge is -2.37. The first-order chi connectivity index (χ1) is 4.19. The van der Waals surface area contributed by atoms with E-state index < -0.39 is 17.3 Å². The van der Waals surface area contributed by atoms with Crippen LogP contribution in [0.4, 0.5) is 0 Å². The molecule has 0 spiro atoms. The maximum atomic E-state index is 9.43. The van der Waals surface area contributed by atoms with E-state index in [1.807, 2.05) is 0 Å². The van der Waals surface area contributed by atoms with Crippen LogP contribution in [0.25, 0.3) is 0 Å². The summed E-state index contributed by atoms with van der Waals surface area (Å²) in [5.41, 5.74) is -2.73. The number of hydrogen-bond acceptors (Lipinski definition) is 3. The molecule has 0 amide bonds. The topological polar surface area (TPSA) is 60.7 Å². The van der Waals surface area contributed by atoms with Gasteiger partial charge >= 0.3 is 0 Å². The van der Waals surface area contributed by atoms with Crippen molar-refractivity contribution >= 4 is 0 Å². The van der Waals surface area contributed by atoms with Gasteiger partial charge in [0.2, 0.25) is 0 Å². The predicted molar refractivity (Wildman–Crippen MR) is 38.6 cm³/mol. The highest BCUT2D eigenvalue weighted by Gasteiger charge is 2.41. The van der Waals surface area contributed by atoms with E-state index in [2.05, 4.69) is 0 Å². The fourth-order valence-electron chi connectivity index (χ4n) is 0.511. The summed E-state index contributed by atoms with van der Waals surface area (Å²) in [6, 6.07) is 0. The Kier molecular flexibility index (Phi) is 2.46. The fraction of sp³-hybridized carbons (Fsp3) is 1.00. The van der Waals surface area contributed by atoms with E-state index >= 15 is 0 Å². The Balaban J connectivity index is 4.40. The lowest BCUT2D eigenvalue weighted by atomic mass is 9.84. The third kappa shape index (κ3) is 1.68. The van der Waals surface area contributed by atoms with Crippen LogP contribution in [0.2, 0.25) is 0 Å². The number of aliphatic hydroxyl groups excluding tert-OH is 1. The van der Waals surface area contributed by atoms with Crippen molar-refractivity contribution in [2.75, 3.05) is 0 Å².